The van der Waals surface area contributed by atoms with Gasteiger partial charge in [-0.15, -0.1) is 5.10 Å². The van der Waals surface area contributed by atoms with Crippen LogP contribution in [0.4, 0.5) is 16.2 Å². The summed E-state index contributed by atoms with van der Waals surface area (Å²) in [6.45, 7) is 5.36. The van der Waals surface area contributed by atoms with Gasteiger partial charge < -0.3 is 14.2 Å². The first-order valence-corrected chi connectivity index (χ1v) is 14.9. The van der Waals surface area contributed by atoms with E-state index in [0.29, 0.717) is 17.9 Å². The minimum absolute atomic E-state index is 0.133. The van der Waals surface area contributed by atoms with Crippen LogP contribution in [0.3, 0.4) is 0 Å². The van der Waals surface area contributed by atoms with Crippen molar-refractivity contribution in [2.24, 2.45) is 0 Å². The molecule has 0 aliphatic rings. The Bertz CT molecular complexity index is 1930. The smallest absolute Gasteiger partial charge is 0.415 e. The second kappa shape index (κ2) is 14.1. The first kappa shape index (κ1) is 33.3. The van der Waals surface area contributed by atoms with E-state index in [-0.39, 0.29) is 17.8 Å². The van der Waals surface area contributed by atoms with E-state index >= 15 is 0 Å². The topological polar surface area (TPSA) is 152 Å². The first-order valence-electron chi connectivity index (χ1n) is 14.9. The molecule has 1 amide bonds. The van der Waals surface area contributed by atoms with Crippen molar-refractivity contribution in [3.63, 3.8) is 0 Å². The van der Waals surface area contributed by atoms with E-state index < -0.39 is 28.3 Å². The Morgan fingerprint density at radius 3 is 2.17 bits per heavy atom. The van der Waals surface area contributed by atoms with Crippen LogP contribution in [0.25, 0.3) is 22.5 Å². The molecule has 13 heteroatoms. The summed E-state index contributed by atoms with van der Waals surface area (Å²) in [5.74, 6) is 0.501. The van der Waals surface area contributed by atoms with Gasteiger partial charge in [0.1, 0.15) is 17.0 Å². The highest BCUT2D eigenvalue weighted by Gasteiger charge is 2.33. The zero-order chi connectivity index (χ0) is 34.4. The number of amides is 1. The standard InChI is InChI=1S/C35H34N6O7/c1-35(2,3)48-34(43)39(31-29(33(42)47-5)11-8-12-30(31)41(44)45)21-23-13-17-25(18-14-23)27-9-6-7-10-28(27)32-36-37-38-40(32)22-24-15-19-26(46-4)20-16-24/h6-20H,21-22H2,1-5H3. The van der Waals surface area contributed by atoms with E-state index in [1.807, 2.05) is 60.7 Å². The molecule has 246 valence electrons. The summed E-state index contributed by atoms with van der Waals surface area (Å²) in [5, 5.41) is 24.6. The van der Waals surface area contributed by atoms with Gasteiger partial charge in [-0.25, -0.2) is 14.3 Å². The summed E-state index contributed by atoms with van der Waals surface area (Å²) in [6, 6.07) is 26.7. The number of esters is 1. The Morgan fingerprint density at radius 2 is 1.54 bits per heavy atom. The van der Waals surface area contributed by atoms with Crippen molar-refractivity contribution in [1.29, 1.82) is 0 Å². The highest BCUT2D eigenvalue weighted by atomic mass is 16.6. The number of hydrogen-bond donors (Lipinski definition) is 0. The van der Waals surface area contributed by atoms with E-state index in [0.717, 1.165) is 40.0 Å². The molecular formula is C35H34N6O7. The number of nitro groups is 1. The van der Waals surface area contributed by atoms with Crippen molar-refractivity contribution < 1.29 is 28.7 Å². The maximum atomic E-state index is 13.6. The lowest BCUT2D eigenvalue weighted by Gasteiger charge is -2.28. The van der Waals surface area contributed by atoms with Gasteiger partial charge in [0.2, 0.25) is 0 Å². The van der Waals surface area contributed by atoms with Crippen molar-refractivity contribution >= 4 is 23.4 Å². The van der Waals surface area contributed by atoms with Gasteiger partial charge in [0.25, 0.3) is 5.69 Å². The van der Waals surface area contributed by atoms with E-state index in [1.54, 1.807) is 44.7 Å². The largest absolute Gasteiger partial charge is 0.497 e. The molecule has 13 nitrogen and oxygen atoms in total. The lowest BCUT2D eigenvalue weighted by Crippen LogP contribution is -2.37. The summed E-state index contributed by atoms with van der Waals surface area (Å²) in [6.07, 6.45) is -0.861. The number of tetrazole rings is 1. The van der Waals surface area contributed by atoms with Crippen molar-refractivity contribution in [3.8, 4) is 28.3 Å². The molecule has 0 aliphatic heterocycles. The van der Waals surface area contributed by atoms with Crippen LogP contribution in [0.5, 0.6) is 5.75 Å². The highest BCUT2D eigenvalue weighted by molar-refractivity contribution is 6.03. The molecule has 0 N–H and O–H groups in total. The summed E-state index contributed by atoms with van der Waals surface area (Å²) in [7, 11) is 2.78. The lowest BCUT2D eigenvalue weighted by atomic mass is 9.98. The molecule has 0 unspecified atom stereocenters. The van der Waals surface area contributed by atoms with Crippen LogP contribution in [0.1, 0.15) is 42.3 Å². The van der Waals surface area contributed by atoms with Crippen LogP contribution in [0.2, 0.25) is 0 Å². The number of rotatable bonds is 10. The average molecular weight is 651 g/mol. The Kier molecular flexibility index (Phi) is 9.78. The predicted octanol–water partition coefficient (Wildman–Crippen LogP) is 6.70. The summed E-state index contributed by atoms with van der Waals surface area (Å²) >= 11 is 0. The van der Waals surface area contributed by atoms with Gasteiger partial charge in [-0.1, -0.05) is 66.7 Å². The molecule has 0 spiro atoms. The monoisotopic (exact) mass is 650 g/mol. The maximum absolute atomic E-state index is 13.6. The number of carbonyl (C=O) groups excluding carboxylic acids is 2. The third-order valence-electron chi connectivity index (χ3n) is 7.30. The maximum Gasteiger partial charge on any atom is 0.415 e. The van der Waals surface area contributed by atoms with Crippen LogP contribution in [0, 0.1) is 10.1 Å². The van der Waals surface area contributed by atoms with Crippen molar-refractivity contribution in [3.05, 3.63) is 118 Å². The normalized spacial score (nSPS) is 11.1. The molecule has 0 saturated heterocycles. The number of aromatic nitrogens is 4. The molecule has 0 aliphatic carbocycles. The molecule has 0 saturated carbocycles. The lowest BCUT2D eigenvalue weighted by molar-refractivity contribution is -0.384. The van der Waals surface area contributed by atoms with Crippen LogP contribution in [-0.4, -0.2) is 57.0 Å². The number of ether oxygens (including phenoxy) is 3. The molecule has 0 fully saturated rings. The zero-order valence-corrected chi connectivity index (χ0v) is 27.1. The number of benzene rings is 4. The number of nitro benzene ring substituents is 1. The Morgan fingerprint density at radius 1 is 0.875 bits per heavy atom. The van der Waals surface area contributed by atoms with Gasteiger partial charge in [-0.3, -0.25) is 15.0 Å². The fraction of sp³-hybridized carbons (Fsp3) is 0.229. The molecule has 0 radical (unpaired) electrons. The molecule has 0 bridgehead atoms. The van der Waals surface area contributed by atoms with Crippen LogP contribution >= 0.6 is 0 Å². The molecule has 0 atom stereocenters. The molecule has 1 aromatic heterocycles. The number of nitrogens with zero attached hydrogens (tertiary/aromatic N) is 6. The van der Waals surface area contributed by atoms with Crippen molar-refractivity contribution in [2.45, 2.75) is 39.5 Å². The van der Waals surface area contributed by atoms with Crippen LogP contribution in [-0.2, 0) is 22.6 Å². The number of hydrogen-bond acceptors (Lipinski definition) is 10. The highest BCUT2D eigenvalue weighted by Crippen LogP contribution is 2.36. The van der Waals surface area contributed by atoms with Gasteiger partial charge in [-0.2, -0.15) is 0 Å². The molecule has 48 heavy (non-hydrogen) atoms. The van der Waals surface area contributed by atoms with E-state index in [9.17, 15) is 19.7 Å². The Labute approximate surface area is 276 Å². The Hall–Kier alpha value is -6.11. The van der Waals surface area contributed by atoms with Crippen molar-refractivity contribution in [1.82, 2.24) is 20.2 Å². The minimum Gasteiger partial charge on any atom is -0.497 e. The number of anilines is 1. The zero-order valence-electron chi connectivity index (χ0n) is 27.1. The first-order chi connectivity index (χ1) is 23.0. The minimum atomic E-state index is -0.916. The quantitative estimate of drug-likeness (QED) is 0.0907. The predicted molar refractivity (Wildman–Crippen MR) is 178 cm³/mol. The summed E-state index contributed by atoms with van der Waals surface area (Å²) in [5.41, 5.74) is 2.42. The molecule has 5 aromatic rings. The van der Waals surface area contributed by atoms with Gasteiger partial charge >= 0.3 is 12.1 Å². The van der Waals surface area contributed by atoms with Crippen LogP contribution < -0.4 is 9.64 Å². The fourth-order valence-corrected chi connectivity index (χ4v) is 5.10. The molecule has 5 rings (SSSR count). The summed E-state index contributed by atoms with van der Waals surface area (Å²) < 4.78 is 17.5. The van der Waals surface area contributed by atoms with Gasteiger partial charge in [0.15, 0.2) is 5.82 Å². The summed E-state index contributed by atoms with van der Waals surface area (Å²) in [4.78, 5) is 38.8. The van der Waals surface area contributed by atoms with Crippen LogP contribution in [0.15, 0.2) is 91.0 Å². The third-order valence-corrected chi connectivity index (χ3v) is 7.30. The average Bonchev–Trinajstić information content (AvgIpc) is 3.54. The number of carbonyl (C=O) groups is 2. The SMILES string of the molecule is COC(=O)c1cccc([N+](=O)[O-])c1N(Cc1ccc(-c2ccccc2-c2nnnn2Cc2ccc(OC)cc2)cc1)C(=O)OC(C)(C)C. The molecule has 4 aromatic carbocycles. The third kappa shape index (κ3) is 7.47. The fourth-order valence-electron chi connectivity index (χ4n) is 5.10. The van der Waals surface area contributed by atoms with Crippen molar-refractivity contribution in [2.75, 3.05) is 19.1 Å². The second-order valence-electron chi connectivity index (χ2n) is 11.7. The van der Waals surface area contributed by atoms with E-state index in [4.69, 9.17) is 14.2 Å². The Balaban J connectivity index is 1.49. The van der Waals surface area contributed by atoms with Gasteiger partial charge in [0, 0.05) is 11.6 Å². The number of para-hydroxylation sites is 1. The van der Waals surface area contributed by atoms with E-state index in [2.05, 4.69) is 15.5 Å². The molecular weight excluding hydrogens is 616 g/mol. The second-order valence-corrected chi connectivity index (χ2v) is 11.7. The number of methoxy groups -OCH3 is 2. The van der Waals surface area contributed by atoms with Gasteiger partial charge in [0.05, 0.1) is 37.8 Å². The van der Waals surface area contributed by atoms with Gasteiger partial charge in [-0.05, 0) is 71.7 Å². The van der Waals surface area contributed by atoms with E-state index in [1.165, 1.54) is 18.2 Å². The molecule has 1 heterocycles.